The molecule has 1 aliphatic heterocycles. The molecular formula is C16H18N3NaO4S. The van der Waals surface area contributed by atoms with Gasteiger partial charge in [-0.1, -0.05) is 18.2 Å². The van der Waals surface area contributed by atoms with Crippen molar-refractivity contribution in [3.8, 4) is 0 Å². The quantitative estimate of drug-likeness (QED) is 0.551. The first kappa shape index (κ1) is 20.0. The molecule has 25 heavy (non-hydrogen) atoms. The van der Waals surface area contributed by atoms with Crippen molar-refractivity contribution in [2.24, 2.45) is 0 Å². The van der Waals surface area contributed by atoms with Crippen LogP contribution in [0.25, 0.3) is 0 Å². The van der Waals surface area contributed by atoms with E-state index in [1.807, 2.05) is 0 Å². The van der Waals surface area contributed by atoms with Crippen LogP contribution in [0.15, 0.2) is 30.3 Å². The molecule has 9 heteroatoms. The zero-order valence-corrected chi connectivity index (χ0v) is 17.3. The van der Waals surface area contributed by atoms with Crippen molar-refractivity contribution in [1.29, 1.82) is 0 Å². The molecule has 1 N–H and O–H groups in total. The molecule has 1 unspecified atom stereocenters. The van der Waals surface area contributed by atoms with Crippen LogP contribution < -0.4 is 34.5 Å². The molecule has 1 aliphatic rings. The van der Waals surface area contributed by atoms with E-state index in [4.69, 9.17) is 0 Å². The fourth-order valence-corrected chi connectivity index (χ4v) is 4.13. The van der Waals surface area contributed by atoms with E-state index >= 15 is 0 Å². The van der Waals surface area contributed by atoms with Gasteiger partial charge in [-0.25, -0.2) is 14.9 Å². The van der Waals surface area contributed by atoms with Gasteiger partial charge in [-0.2, -0.15) is 8.42 Å². The average molecular weight is 371 g/mol. The standard InChI is InChI=1S/C16H17N3O4S.Na.H/c1-10-8-11(2)18-15(17-10)19-13-7-5-4-6-12(13)16(3,14(19)20)9-24(21,22)23;;/h4-8H,9H2,1-3H3,(H,21,22,23);;/q;+1;-1. The van der Waals surface area contributed by atoms with Crippen LogP contribution >= 0.6 is 0 Å². The molecule has 0 aliphatic carbocycles. The second-order valence-corrected chi connectivity index (χ2v) is 7.62. The number of aromatic nitrogens is 2. The minimum atomic E-state index is -4.35. The fourth-order valence-electron chi connectivity index (χ4n) is 3.12. The molecule has 2 heterocycles. The zero-order chi connectivity index (χ0) is 17.7. The maximum Gasteiger partial charge on any atom is 1.00 e. The van der Waals surface area contributed by atoms with Crippen molar-refractivity contribution in [3.63, 3.8) is 0 Å². The number of carbonyl (C=O) groups excluding carboxylic acids is 1. The first-order chi connectivity index (χ1) is 11.1. The van der Waals surface area contributed by atoms with E-state index in [2.05, 4.69) is 9.97 Å². The second kappa shape index (κ2) is 6.77. The number of aryl methyl sites for hydroxylation is 2. The monoisotopic (exact) mass is 371 g/mol. The number of para-hydroxylation sites is 1. The number of rotatable bonds is 3. The molecule has 2 aromatic rings. The Kier molecular flexibility index (Phi) is 5.42. The van der Waals surface area contributed by atoms with Gasteiger partial charge in [0, 0.05) is 11.4 Å². The molecule has 0 saturated heterocycles. The third kappa shape index (κ3) is 3.63. The van der Waals surface area contributed by atoms with Gasteiger partial charge >= 0.3 is 29.6 Å². The van der Waals surface area contributed by atoms with Crippen LogP contribution in [0.1, 0.15) is 25.3 Å². The van der Waals surface area contributed by atoms with Crippen molar-refractivity contribution in [1.82, 2.24) is 9.97 Å². The number of benzene rings is 1. The summed E-state index contributed by atoms with van der Waals surface area (Å²) >= 11 is 0. The van der Waals surface area contributed by atoms with E-state index in [1.165, 1.54) is 11.8 Å². The average Bonchev–Trinajstić information content (AvgIpc) is 2.65. The zero-order valence-electron chi connectivity index (χ0n) is 15.5. The molecule has 1 aromatic carbocycles. The van der Waals surface area contributed by atoms with Gasteiger partial charge < -0.3 is 1.43 Å². The van der Waals surface area contributed by atoms with Crippen LogP contribution in [-0.4, -0.2) is 34.6 Å². The molecule has 3 rings (SSSR count). The van der Waals surface area contributed by atoms with Gasteiger partial charge in [0.1, 0.15) is 0 Å². The first-order valence-corrected chi connectivity index (χ1v) is 8.94. The predicted octanol–water partition coefficient (Wildman–Crippen LogP) is -0.966. The van der Waals surface area contributed by atoms with E-state index in [9.17, 15) is 17.8 Å². The molecular weight excluding hydrogens is 353 g/mol. The molecule has 0 saturated carbocycles. The van der Waals surface area contributed by atoms with Crippen LogP contribution in [-0.2, 0) is 20.3 Å². The summed E-state index contributed by atoms with van der Waals surface area (Å²) in [6.07, 6.45) is 0. The summed E-state index contributed by atoms with van der Waals surface area (Å²) in [6.45, 7) is 5.09. The summed E-state index contributed by atoms with van der Waals surface area (Å²) in [5.41, 5.74) is 1.05. The summed E-state index contributed by atoms with van der Waals surface area (Å²) in [7, 11) is -4.35. The third-order valence-corrected chi connectivity index (χ3v) is 5.00. The molecule has 0 bridgehead atoms. The number of fused-ring (bicyclic) bond motifs is 1. The van der Waals surface area contributed by atoms with Gasteiger partial charge in [0.2, 0.25) is 11.9 Å². The predicted molar refractivity (Wildman–Crippen MR) is 90.0 cm³/mol. The van der Waals surface area contributed by atoms with Crippen LogP contribution in [0.2, 0.25) is 0 Å². The van der Waals surface area contributed by atoms with Crippen molar-refractivity contribution in [3.05, 3.63) is 47.3 Å². The molecule has 0 fully saturated rings. The number of amides is 1. The fraction of sp³-hybridized carbons (Fsp3) is 0.312. The molecule has 7 nitrogen and oxygen atoms in total. The van der Waals surface area contributed by atoms with Crippen molar-refractivity contribution in [2.75, 3.05) is 10.7 Å². The number of carbonyl (C=O) groups is 1. The molecule has 1 amide bonds. The topological polar surface area (TPSA) is 100 Å². The largest absolute Gasteiger partial charge is 1.00 e. The Morgan fingerprint density at radius 1 is 1.20 bits per heavy atom. The normalized spacial score (nSPS) is 19.5. The minimum absolute atomic E-state index is 0. The van der Waals surface area contributed by atoms with Gasteiger partial charge in [-0.3, -0.25) is 9.35 Å². The summed E-state index contributed by atoms with van der Waals surface area (Å²) in [5.74, 6) is -0.979. The van der Waals surface area contributed by atoms with E-state index < -0.39 is 27.2 Å². The second-order valence-electron chi connectivity index (χ2n) is 6.17. The summed E-state index contributed by atoms with van der Waals surface area (Å²) < 4.78 is 32.2. The Labute approximate surface area is 170 Å². The summed E-state index contributed by atoms with van der Waals surface area (Å²) in [4.78, 5) is 23.0. The minimum Gasteiger partial charge on any atom is -1.00 e. The number of hydrogen-bond acceptors (Lipinski definition) is 5. The van der Waals surface area contributed by atoms with Crippen molar-refractivity contribution in [2.45, 2.75) is 26.2 Å². The number of anilines is 2. The van der Waals surface area contributed by atoms with Crippen LogP contribution in [0, 0.1) is 13.8 Å². The third-order valence-electron chi connectivity index (χ3n) is 4.06. The molecule has 1 atom stereocenters. The van der Waals surface area contributed by atoms with Crippen molar-refractivity contribution < 1.29 is 48.7 Å². The maximum absolute atomic E-state index is 13.1. The van der Waals surface area contributed by atoms with Crippen molar-refractivity contribution >= 4 is 27.7 Å². The molecule has 0 radical (unpaired) electrons. The van der Waals surface area contributed by atoms with E-state index in [-0.39, 0.29) is 36.9 Å². The SMILES string of the molecule is Cc1cc(C)nc(N2C(=O)C(C)(CS(=O)(=O)O)c3ccccc32)n1.[H-].[Na+]. The Hall–Kier alpha value is -1.32. The molecule has 128 valence electrons. The molecule has 0 spiro atoms. The van der Waals surface area contributed by atoms with Gasteiger partial charge in [0.05, 0.1) is 16.9 Å². The van der Waals surface area contributed by atoms with Crippen LogP contribution in [0.4, 0.5) is 11.6 Å². The Balaban J connectivity index is 0.00000169. The van der Waals surface area contributed by atoms with Crippen LogP contribution in [0.5, 0.6) is 0 Å². The smallest absolute Gasteiger partial charge is 1.00 e. The molecule has 1 aromatic heterocycles. The van der Waals surface area contributed by atoms with E-state index in [1.54, 1.807) is 44.2 Å². The number of nitrogens with zero attached hydrogens (tertiary/aromatic N) is 3. The van der Waals surface area contributed by atoms with Gasteiger partial charge in [0.15, 0.2) is 0 Å². The van der Waals surface area contributed by atoms with E-state index in [0.717, 1.165) is 0 Å². The van der Waals surface area contributed by atoms with Gasteiger partial charge in [0.25, 0.3) is 10.1 Å². The maximum atomic E-state index is 13.1. The number of hydrogen-bond donors (Lipinski definition) is 1. The first-order valence-electron chi connectivity index (χ1n) is 7.33. The Bertz CT molecular complexity index is 934. The Morgan fingerprint density at radius 3 is 2.32 bits per heavy atom. The van der Waals surface area contributed by atoms with Crippen LogP contribution in [0.3, 0.4) is 0 Å². The summed E-state index contributed by atoms with van der Waals surface area (Å²) in [6, 6.07) is 8.65. The van der Waals surface area contributed by atoms with E-state index in [0.29, 0.717) is 22.6 Å². The van der Waals surface area contributed by atoms with Gasteiger partial charge in [-0.05, 0) is 38.5 Å². The van der Waals surface area contributed by atoms with Gasteiger partial charge in [-0.15, -0.1) is 0 Å². The summed E-state index contributed by atoms with van der Waals surface area (Å²) in [5, 5.41) is 0. The Morgan fingerprint density at radius 2 is 1.76 bits per heavy atom.